The van der Waals surface area contributed by atoms with Crippen LogP contribution < -0.4 is 9.47 Å². The summed E-state index contributed by atoms with van der Waals surface area (Å²) in [6, 6.07) is 13.3. The second-order valence-electron chi connectivity index (χ2n) is 8.34. The van der Waals surface area contributed by atoms with E-state index in [4.69, 9.17) is 9.47 Å². The number of carbonyl (C=O) groups excluding carboxylic acids is 2. The first-order valence-corrected chi connectivity index (χ1v) is 10.1. The Balaban J connectivity index is 1.65. The molecule has 0 saturated carbocycles. The van der Waals surface area contributed by atoms with Gasteiger partial charge in [-0.25, -0.2) is 0 Å². The Morgan fingerprint density at radius 3 is 2.77 bits per heavy atom. The lowest BCUT2D eigenvalue weighted by Crippen LogP contribution is -2.67. The van der Waals surface area contributed by atoms with Crippen LogP contribution in [0.15, 0.2) is 42.5 Å². The van der Waals surface area contributed by atoms with Crippen molar-refractivity contribution in [2.45, 2.75) is 24.9 Å². The number of hydrogen-bond acceptors (Lipinski definition) is 4. The van der Waals surface area contributed by atoms with Gasteiger partial charge in [-0.3, -0.25) is 9.59 Å². The number of hydrogen-bond donors (Lipinski definition) is 1. The predicted molar refractivity (Wildman–Crippen MR) is 109 cm³/mol. The van der Waals surface area contributed by atoms with Gasteiger partial charge in [0, 0.05) is 30.1 Å². The molecule has 0 radical (unpaired) electrons. The number of fused-ring (bicyclic) bond motifs is 5. The lowest BCUT2D eigenvalue weighted by molar-refractivity contribution is -0.161. The summed E-state index contributed by atoms with van der Waals surface area (Å²) in [6.07, 6.45) is 0.494. The molecule has 1 fully saturated rings. The van der Waals surface area contributed by atoms with E-state index < -0.39 is 11.6 Å². The fraction of sp³-hybridized carbons (Fsp3) is 0.304. The number of nitrogens with one attached hydrogen (secondary N) is 1. The summed E-state index contributed by atoms with van der Waals surface area (Å²) in [7, 11) is 1.69. The first-order valence-electron chi connectivity index (χ1n) is 10.1. The van der Waals surface area contributed by atoms with Crippen LogP contribution in [0.3, 0.4) is 0 Å². The molecule has 3 aliphatic heterocycles. The molecular weight excluding hydrogens is 382 g/mol. The van der Waals surface area contributed by atoms with Crippen LogP contribution in [0.1, 0.15) is 23.7 Å². The Bertz CT molecular complexity index is 1230. The third-order valence-electron chi connectivity index (χ3n) is 6.73. The molecular formula is C23H21N3O4. The number of rotatable bonds is 1. The van der Waals surface area contributed by atoms with Crippen molar-refractivity contribution in [2.24, 2.45) is 0 Å². The summed E-state index contributed by atoms with van der Waals surface area (Å²) >= 11 is 0. The van der Waals surface area contributed by atoms with E-state index >= 15 is 0 Å². The standard InChI is InChI=1S/C23H21N3O4/c1-23(13-7-8-18-19(9-13)30-12-29-18)21-15(14-5-3-4-6-16(14)24-21)10-17-22(28)25(2)11-20(27)26(17)23/h3-9,17,24H,10-12H2,1-2H3/t17-,23-/m1/s1. The van der Waals surface area contributed by atoms with E-state index in [1.165, 1.54) is 4.90 Å². The average molecular weight is 403 g/mol. The molecule has 7 heteroatoms. The summed E-state index contributed by atoms with van der Waals surface area (Å²) < 4.78 is 11.1. The fourth-order valence-corrected chi connectivity index (χ4v) is 5.26. The van der Waals surface area contributed by atoms with Crippen molar-refractivity contribution >= 4 is 22.7 Å². The third kappa shape index (κ3) is 2.09. The number of likely N-dealkylation sites (N-methyl/N-ethyl adjacent to an activating group) is 1. The van der Waals surface area contributed by atoms with E-state index in [1.807, 2.05) is 43.3 Å². The molecule has 6 rings (SSSR count). The number of aromatic nitrogens is 1. The zero-order valence-corrected chi connectivity index (χ0v) is 16.8. The van der Waals surface area contributed by atoms with Crippen LogP contribution in [-0.2, 0) is 21.5 Å². The molecule has 30 heavy (non-hydrogen) atoms. The SMILES string of the molecule is CN1CC(=O)N2[C@H](Cc3c([nH]c4ccccc34)[C@@]2(C)c2ccc3c(c2)OCO3)C1=O. The third-order valence-corrected chi connectivity index (χ3v) is 6.73. The first kappa shape index (κ1) is 17.4. The average Bonchev–Trinajstić information content (AvgIpc) is 3.36. The normalized spacial score (nSPS) is 24.9. The number of ether oxygens (including phenoxy) is 2. The van der Waals surface area contributed by atoms with E-state index in [0.29, 0.717) is 17.9 Å². The number of H-pyrrole nitrogens is 1. The van der Waals surface area contributed by atoms with Gasteiger partial charge in [0.1, 0.15) is 11.6 Å². The molecule has 2 atom stereocenters. The second kappa shape index (κ2) is 5.78. The summed E-state index contributed by atoms with van der Waals surface area (Å²) in [5.41, 5.74) is 3.08. The Kier molecular flexibility index (Phi) is 3.35. The predicted octanol–water partition coefficient (Wildman–Crippen LogP) is 2.39. The number of aromatic amines is 1. The topological polar surface area (TPSA) is 74.9 Å². The summed E-state index contributed by atoms with van der Waals surface area (Å²) in [5.74, 6) is 1.25. The molecule has 0 bridgehead atoms. The highest BCUT2D eigenvalue weighted by atomic mass is 16.7. The number of nitrogens with zero attached hydrogens (tertiary/aromatic N) is 2. The molecule has 0 spiro atoms. The Hall–Kier alpha value is -3.48. The van der Waals surface area contributed by atoms with Gasteiger partial charge in [-0.15, -0.1) is 0 Å². The maximum absolute atomic E-state index is 13.3. The smallest absolute Gasteiger partial charge is 0.245 e. The quantitative estimate of drug-likeness (QED) is 0.677. The molecule has 1 saturated heterocycles. The highest BCUT2D eigenvalue weighted by Crippen LogP contribution is 2.48. The van der Waals surface area contributed by atoms with Crippen molar-refractivity contribution in [3.05, 3.63) is 59.3 Å². The minimum absolute atomic E-state index is 0.0301. The van der Waals surface area contributed by atoms with Gasteiger partial charge in [-0.2, -0.15) is 0 Å². The Labute approximate surface area is 173 Å². The summed E-state index contributed by atoms with van der Waals surface area (Å²) in [6.45, 7) is 2.27. The Morgan fingerprint density at radius 1 is 1.10 bits per heavy atom. The van der Waals surface area contributed by atoms with Crippen LogP contribution in [0.4, 0.5) is 0 Å². The van der Waals surface area contributed by atoms with E-state index in [0.717, 1.165) is 27.7 Å². The highest BCUT2D eigenvalue weighted by molar-refractivity contribution is 5.98. The number of amides is 2. The monoisotopic (exact) mass is 403 g/mol. The van der Waals surface area contributed by atoms with Gasteiger partial charge in [-0.05, 0) is 36.2 Å². The van der Waals surface area contributed by atoms with Crippen LogP contribution in [0.25, 0.3) is 10.9 Å². The van der Waals surface area contributed by atoms with Crippen molar-refractivity contribution in [1.29, 1.82) is 0 Å². The van der Waals surface area contributed by atoms with Gasteiger partial charge < -0.3 is 24.3 Å². The van der Waals surface area contributed by atoms with Gasteiger partial charge in [-0.1, -0.05) is 24.3 Å². The number of carbonyl (C=O) groups is 2. The van der Waals surface area contributed by atoms with Crippen LogP contribution in [0.5, 0.6) is 11.5 Å². The largest absolute Gasteiger partial charge is 0.454 e. The molecule has 2 aromatic carbocycles. The van der Waals surface area contributed by atoms with Crippen LogP contribution in [0.2, 0.25) is 0 Å². The molecule has 1 aromatic heterocycles. The van der Waals surface area contributed by atoms with Gasteiger partial charge in [0.25, 0.3) is 0 Å². The summed E-state index contributed by atoms with van der Waals surface area (Å²) in [5, 5.41) is 1.09. The van der Waals surface area contributed by atoms with Crippen molar-refractivity contribution in [3.8, 4) is 11.5 Å². The molecule has 7 nitrogen and oxygen atoms in total. The van der Waals surface area contributed by atoms with Crippen molar-refractivity contribution in [1.82, 2.24) is 14.8 Å². The zero-order valence-electron chi connectivity index (χ0n) is 16.8. The van der Waals surface area contributed by atoms with Crippen LogP contribution in [-0.4, -0.2) is 53.0 Å². The minimum Gasteiger partial charge on any atom is -0.454 e. The van der Waals surface area contributed by atoms with E-state index in [9.17, 15) is 9.59 Å². The van der Waals surface area contributed by atoms with Crippen molar-refractivity contribution in [2.75, 3.05) is 20.4 Å². The molecule has 3 aromatic rings. The fourth-order valence-electron chi connectivity index (χ4n) is 5.26. The van der Waals surface area contributed by atoms with Gasteiger partial charge in [0.05, 0.1) is 6.54 Å². The lowest BCUT2D eigenvalue weighted by Gasteiger charge is -2.52. The van der Waals surface area contributed by atoms with Crippen molar-refractivity contribution in [3.63, 3.8) is 0 Å². The molecule has 4 heterocycles. The minimum atomic E-state index is -0.841. The van der Waals surface area contributed by atoms with E-state index in [1.54, 1.807) is 11.9 Å². The van der Waals surface area contributed by atoms with Gasteiger partial charge in [0.2, 0.25) is 18.6 Å². The van der Waals surface area contributed by atoms with E-state index in [2.05, 4.69) is 11.1 Å². The molecule has 2 amide bonds. The maximum Gasteiger partial charge on any atom is 0.245 e. The summed E-state index contributed by atoms with van der Waals surface area (Å²) in [4.78, 5) is 33.3. The van der Waals surface area contributed by atoms with Crippen LogP contribution in [0, 0.1) is 0 Å². The Morgan fingerprint density at radius 2 is 1.90 bits per heavy atom. The molecule has 0 aliphatic carbocycles. The number of piperazine rings is 1. The number of benzene rings is 2. The van der Waals surface area contributed by atoms with Gasteiger partial charge >= 0.3 is 0 Å². The zero-order chi connectivity index (χ0) is 20.6. The second-order valence-corrected chi connectivity index (χ2v) is 8.34. The van der Waals surface area contributed by atoms with Crippen molar-refractivity contribution < 1.29 is 19.1 Å². The van der Waals surface area contributed by atoms with Crippen LogP contribution >= 0.6 is 0 Å². The molecule has 3 aliphatic rings. The highest BCUT2D eigenvalue weighted by Gasteiger charge is 2.54. The first-order chi connectivity index (χ1) is 14.5. The van der Waals surface area contributed by atoms with Gasteiger partial charge in [0.15, 0.2) is 11.5 Å². The lowest BCUT2D eigenvalue weighted by atomic mass is 9.77. The number of para-hydroxylation sites is 1. The molecule has 0 unspecified atom stereocenters. The van der Waals surface area contributed by atoms with E-state index in [-0.39, 0.29) is 25.2 Å². The molecule has 152 valence electrons. The maximum atomic E-state index is 13.3. The molecule has 1 N–H and O–H groups in total.